The van der Waals surface area contributed by atoms with Gasteiger partial charge in [0.15, 0.2) is 17.4 Å². The smallest absolute Gasteiger partial charge is 0.270 e. The molecule has 0 atom stereocenters. The fourth-order valence-electron chi connectivity index (χ4n) is 4.90. The maximum atomic E-state index is 15.7. The van der Waals surface area contributed by atoms with E-state index in [-0.39, 0.29) is 23.2 Å². The van der Waals surface area contributed by atoms with Crippen LogP contribution in [0.25, 0.3) is 16.5 Å². The Morgan fingerprint density at radius 3 is 2.62 bits per heavy atom. The molecule has 1 aliphatic heterocycles. The van der Waals surface area contributed by atoms with Gasteiger partial charge in [-0.05, 0) is 54.3 Å². The van der Waals surface area contributed by atoms with Gasteiger partial charge in [-0.25, -0.2) is 13.8 Å². The molecule has 1 aromatic carbocycles. The van der Waals surface area contributed by atoms with E-state index in [0.29, 0.717) is 60.1 Å². The van der Waals surface area contributed by atoms with Crippen LogP contribution in [0.3, 0.4) is 0 Å². The van der Waals surface area contributed by atoms with Crippen molar-refractivity contribution in [1.82, 2.24) is 14.9 Å². The predicted molar refractivity (Wildman–Crippen MR) is 150 cm³/mol. The lowest BCUT2D eigenvalue weighted by molar-refractivity contribution is 0.0741. The SMILES string of the molecule is C=C/C(OC)=C(\C=C/C)c1cc(C(C)C)c(F)c2[nH]c(C(=O)N3CCN(c4ncccc4OCF)CC3)cc12. The number of piperazine rings is 1. The Kier molecular flexibility index (Phi) is 8.69. The molecule has 7 nitrogen and oxygen atoms in total. The molecule has 1 saturated heterocycles. The first kappa shape index (κ1) is 27.9. The molecule has 0 unspecified atom stereocenters. The summed E-state index contributed by atoms with van der Waals surface area (Å²) < 4.78 is 39.1. The highest BCUT2D eigenvalue weighted by Crippen LogP contribution is 2.36. The van der Waals surface area contributed by atoms with Crippen LogP contribution < -0.4 is 9.64 Å². The number of H-pyrrole nitrogens is 1. The Morgan fingerprint density at radius 2 is 2.00 bits per heavy atom. The first-order chi connectivity index (χ1) is 18.8. The van der Waals surface area contributed by atoms with Gasteiger partial charge in [-0.15, -0.1) is 0 Å². The number of nitrogens with zero attached hydrogens (tertiary/aromatic N) is 3. The highest BCUT2D eigenvalue weighted by Gasteiger charge is 2.27. The molecule has 0 saturated carbocycles. The van der Waals surface area contributed by atoms with E-state index in [9.17, 15) is 9.18 Å². The molecule has 0 radical (unpaired) electrons. The molecule has 3 heterocycles. The second-order valence-corrected chi connectivity index (χ2v) is 9.50. The van der Waals surface area contributed by atoms with E-state index in [1.54, 1.807) is 42.5 Å². The number of nitrogens with one attached hydrogen (secondary N) is 1. The summed E-state index contributed by atoms with van der Waals surface area (Å²) in [5, 5.41) is 0.588. The summed E-state index contributed by atoms with van der Waals surface area (Å²) >= 11 is 0. The number of hydrogen-bond donors (Lipinski definition) is 1. The molecule has 1 fully saturated rings. The number of carbonyl (C=O) groups is 1. The van der Waals surface area contributed by atoms with Crippen LogP contribution in [0.1, 0.15) is 48.3 Å². The molecule has 1 N–H and O–H groups in total. The van der Waals surface area contributed by atoms with Crippen molar-refractivity contribution in [2.24, 2.45) is 0 Å². The number of rotatable bonds is 9. The Hall–Kier alpha value is -4.14. The van der Waals surface area contributed by atoms with Crippen LogP contribution in [0.4, 0.5) is 14.6 Å². The van der Waals surface area contributed by atoms with E-state index in [1.165, 1.54) is 0 Å². The molecule has 4 rings (SSSR count). The summed E-state index contributed by atoms with van der Waals surface area (Å²) in [7, 11) is 1.56. The number of aromatic nitrogens is 2. The zero-order valence-corrected chi connectivity index (χ0v) is 22.8. The average molecular weight is 537 g/mol. The number of ether oxygens (including phenoxy) is 2. The molecule has 0 aliphatic carbocycles. The third-order valence-corrected chi connectivity index (χ3v) is 6.85. The fraction of sp³-hybridized carbons (Fsp3) is 0.333. The molecule has 206 valence electrons. The van der Waals surface area contributed by atoms with Crippen LogP contribution in [0.15, 0.2) is 61.0 Å². The van der Waals surface area contributed by atoms with Gasteiger partial charge >= 0.3 is 0 Å². The molecule has 0 bridgehead atoms. The number of benzene rings is 1. The second kappa shape index (κ2) is 12.1. The summed E-state index contributed by atoms with van der Waals surface area (Å²) in [6, 6.07) is 6.88. The van der Waals surface area contributed by atoms with E-state index in [2.05, 4.69) is 16.5 Å². The lowest BCUT2D eigenvalue weighted by Crippen LogP contribution is -2.49. The molecule has 39 heavy (non-hydrogen) atoms. The van der Waals surface area contributed by atoms with Crippen LogP contribution in [0.2, 0.25) is 0 Å². The van der Waals surface area contributed by atoms with Crippen molar-refractivity contribution in [3.8, 4) is 5.75 Å². The third kappa shape index (κ3) is 5.53. The van der Waals surface area contributed by atoms with Crippen LogP contribution in [-0.2, 0) is 4.74 Å². The lowest BCUT2D eigenvalue weighted by atomic mass is 9.92. The number of alkyl halides is 1. The molecule has 1 aliphatic rings. The molecule has 2 aromatic heterocycles. The fourth-order valence-corrected chi connectivity index (χ4v) is 4.90. The molecular weight excluding hydrogens is 502 g/mol. The quantitative estimate of drug-likeness (QED) is 0.260. The standard InChI is InChI=1S/C30H34F2N4O3/c1-6-9-20(25(7-2)38-5)22-16-21(19(3)4)27(32)28-23(22)17-24(34-28)30(37)36-14-12-35(13-15-36)29-26(39-18-31)10-8-11-33-29/h6-11,16-17,19,34H,2,12-15,18H2,1,3-5H3/b9-6-,25-20-. The number of hydrogen-bond acceptors (Lipinski definition) is 5. The number of pyridine rings is 1. The van der Waals surface area contributed by atoms with Gasteiger partial charge in [0.1, 0.15) is 11.5 Å². The number of carbonyl (C=O) groups excluding carboxylic acids is 1. The number of amides is 1. The summed E-state index contributed by atoms with van der Waals surface area (Å²) in [6.45, 7) is 10.5. The maximum absolute atomic E-state index is 15.7. The van der Waals surface area contributed by atoms with E-state index in [0.717, 1.165) is 11.1 Å². The number of halogens is 2. The Balaban J connectivity index is 1.69. The van der Waals surface area contributed by atoms with E-state index in [4.69, 9.17) is 9.47 Å². The predicted octanol–water partition coefficient (Wildman–Crippen LogP) is 6.21. The van der Waals surface area contributed by atoms with Crippen LogP contribution >= 0.6 is 0 Å². The summed E-state index contributed by atoms with van der Waals surface area (Å²) in [5.74, 6) is 0.769. The number of methoxy groups -OCH3 is 1. The Labute approximate surface area is 227 Å². The van der Waals surface area contributed by atoms with Crippen molar-refractivity contribution in [3.05, 3.63) is 83.7 Å². The largest absolute Gasteiger partial charge is 0.496 e. The first-order valence-electron chi connectivity index (χ1n) is 12.9. The van der Waals surface area contributed by atoms with Crippen molar-refractivity contribution in [2.75, 3.05) is 45.0 Å². The van der Waals surface area contributed by atoms with E-state index < -0.39 is 6.86 Å². The second-order valence-electron chi connectivity index (χ2n) is 9.50. The van der Waals surface area contributed by atoms with Crippen molar-refractivity contribution in [3.63, 3.8) is 0 Å². The normalized spacial score (nSPS) is 14.7. The first-order valence-corrected chi connectivity index (χ1v) is 12.9. The summed E-state index contributed by atoms with van der Waals surface area (Å²) in [5.41, 5.74) is 2.61. The van der Waals surface area contributed by atoms with Gasteiger partial charge in [0, 0.05) is 43.3 Å². The van der Waals surface area contributed by atoms with Gasteiger partial charge in [0.25, 0.3) is 5.91 Å². The zero-order chi connectivity index (χ0) is 28.1. The lowest BCUT2D eigenvalue weighted by Gasteiger charge is -2.35. The minimum absolute atomic E-state index is 0.0804. The van der Waals surface area contributed by atoms with Crippen LogP contribution in [0.5, 0.6) is 5.75 Å². The number of allylic oxidation sites excluding steroid dienone is 4. The highest BCUT2D eigenvalue weighted by molar-refractivity contribution is 6.03. The molecule has 9 heteroatoms. The maximum Gasteiger partial charge on any atom is 0.270 e. The number of aromatic amines is 1. The van der Waals surface area contributed by atoms with Crippen molar-refractivity contribution >= 4 is 28.2 Å². The molecule has 0 spiro atoms. The minimum atomic E-state index is -0.946. The Bertz CT molecular complexity index is 1420. The van der Waals surface area contributed by atoms with Gasteiger partial charge in [-0.1, -0.05) is 32.6 Å². The number of fused-ring (bicyclic) bond motifs is 1. The van der Waals surface area contributed by atoms with Crippen molar-refractivity contribution in [2.45, 2.75) is 26.7 Å². The van der Waals surface area contributed by atoms with Gasteiger partial charge < -0.3 is 24.3 Å². The molecule has 3 aromatic rings. The molecule has 1 amide bonds. The van der Waals surface area contributed by atoms with Gasteiger partial charge in [0.2, 0.25) is 6.86 Å². The average Bonchev–Trinajstić information content (AvgIpc) is 3.40. The van der Waals surface area contributed by atoms with Gasteiger partial charge in [0.05, 0.1) is 12.6 Å². The van der Waals surface area contributed by atoms with Crippen molar-refractivity contribution in [1.29, 1.82) is 0 Å². The topological polar surface area (TPSA) is 70.7 Å². The molecular formula is C30H34F2N4O3. The van der Waals surface area contributed by atoms with Gasteiger partial charge in [-0.3, -0.25) is 4.79 Å². The van der Waals surface area contributed by atoms with E-state index >= 15 is 4.39 Å². The van der Waals surface area contributed by atoms with Crippen LogP contribution in [-0.4, -0.2) is 60.9 Å². The third-order valence-electron chi connectivity index (χ3n) is 6.85. The highest BCUT2D eigenvalue weighted by atomic mass is 19.1. The summed E-state index contributed by atoms with van der Waals surface area (Å²) in [4.78, 5) is 24.6. The Morgan fingerprint density at radius 1 is 1.26 bits per heavy atom. The van der Waals surface area contributed by atoms with Crippen LogP contribution in [0, 0.1) is 5.82 Å². The zero-order valence-electron chi connectivity index (χ0n) is 22.8. The van der Waals surface area contributed by atoms with Crippen molar-refractivity contribution < 1.29 is 23.0 Å². The minimum Gasteiger partial charge on any atom is -0.496 e. The monoisotopic (exact) mass is 536 g/mol. The van der Waals surface area contributed by atoms with E-state index in [1.807, 2.05) is 43.9 Å². The summed E-state index contributed by atoms with van der Waals surface area (Å²) in [6.07, 6.45) is 7.01. The van der Waals surface area contributed by atoms with Gasteiger partial charge in [-0.2, -0.15) is 0 Å². The number of anilines is 1.